The van der Waals surface area contributed by atoms with Crippen LogP contribution in [0.4, 0.5) is 0 Å². The first kappa shape index (κ1) is 12.9. The van der Waals surface area contributed by atoms with E-state index in [9.17, 15) is 0 Å². The number of benzene rings is 1. The first-order valence-electron chi connectivity index (χ1n) is 6.27. The predicted octanol–water partition coefficient (Wildman–Crippen LogP) is 3.23. The number of aromatic nitrogens is 1. The summed E-state index contributed by atoms with van der Waals surface area (Å²) in [5.74, 6) is 1.01. The molecule has 1 aliphatic rings. The average Bonchev–Trinajstić information content (AvgIpc) is 3.05. The van der Waals surface area contributed by atoms with Gasteiger partial charge in [0.05, 0.1) is 23.9 Å². The summed E-state index contributed by atoms with van der Waals surface area (Å²) in [6.45, 7) is 0.754. The molecule has 1 aromatic carbocycles. The molecular formula is C14H15ClN2OS. The molecule has 0 radical (unpaired) electrons. The van der Waals surface area contributed by atoms with E-state index in [-0.39, 0.29) is 6.04 Å². The Morgan fingerprint density at radius 3 is 3.16 bits per heavy atom. The molecule has 1 N–H and O–H groups in total. The topological polar surface area (TPSA) is 34.1 Å². The summed E-state index contributed by atoms with van der Waals surface area (Å²) in [7, 11) is 1.95. The quantitative estimate of drug-likeness (QED) is 0.940. The fourth-order valence-electron chi connectivity index (χ4n) is 2.47. The molecule has 2 aromatic rings. The lowest BCUT2D eigenvalue weighted by atomic mass is 10.0. The minimum Gasteiger partial charge on any atom is -0.493 e. The number of halogens is 1. The van der Waals surface area contributed by atoms with Crippen molar-refractivity contribution in [3.05, 3.63) is 44.9 Å². The van der Waals surface area contributed by atoms with E-state index in [1.165, 1.54) is 5.56 Å². The first-order chi connectivity index (χ1) is 9.28. The van der Waals surface area contributed by atoms with Gasteiger partial charge in [-0.1, -0.05) is 11.6 Å². The molecule has 2 heterocycles. The van der Waals surface area contributed by atoms with Crippen LogP contribution in [-0.4, -0.2) is 18.6 Å². The van der Waals surface area contributed by atoms with Gasteiger partial charge in [0.15, 0.2) is 0 Å². The van der Waals surface area contributed by atoms with Crippen molar-refractivity contribution in [2.75, 3.05) is 13.7 Å². The van der Waals surface area contributed by atoms with Gasteiger partial charge in [-0.2, -0.15) is 0 Å². The van der Waals surface area contributed by atoms with E-state index in [4.69, 9.17) is 16.3 Å². The zero-order chi connectivity index (χ0) is 13.2. The van der Waals surface area contributed by atoms with Gasteiger partial charge in [-0.05, 0) is 36.7 Å². The van der Waals surface area contributed by atoms with E-state index in [0.29, 0.717) is 0 Å². The van der Waals surface area contributed by atoms with Crippen LogP contribution in [-0.2, 0) is 12.8 Å². The van der Waals surface area contributed by atoms with Crippen molar-refractivity contribution in [3.8, 4) is 5.75 Å². The van der Waals surface area contributed by atoms with Crippen LogP contribution in [0.1, 0.15) is 22.9 Å². The lowest BCUT2D eigenvalue weighted by Crippen LogP contribution is -2.19. The lowest BCUT2D eigenvalue weighted by Gasteiger charge is -2.16. The smallest absolute Gasteiger partial charge is 0.125 e. The molecule has 3 nitrogen and oxygen atoms in total. The largest absolute Gasteiger partial charge is 0.493 e. The highest BCUT2D eigenvalue weighted by Crippen LogP contribution is 2.35. The van der Waals surface area contributed by atoms with Gasteiger partial charge >= 0.3 is 0 Å². The normalized spacial score (nSPS) is 15.1. The molecule has 19 heavy (non-hydrogen) atoms. The molecule has 5 heteroatoms. The summed E-state index contributed by atoms with van der Waals surface area (Å²) < 4.78 is 5.74. The number of nitrogens with zero attached hydrogens (tertiary/aromatic N) is 1. The second-order valence-corrected chi connectivity index (χ2v) is 5.77. The summed E-state index contributed by atoms with van der Waals surface area (Å²) in [4.78, 5) is 4.38. The van der Waals surface area contributed by atoms with Gasteiger partial charge in [-0.25, -0.2) is 4.98 Å². The minimum absolute atomic E-state index is 0.193. The zero-order valence-corrected chi connectivity index (χ0v) is 12.2. The van der Waals surface area contributed by atoms with E-state index in [2.05, 4.69) is 15.7 Å². The third-order valence-corrected chi connectivity index (χ3v) is 4.23. The Labute approximate surface area is 121 Å². The van der Waals surface area contributed by atoms with Crippen LogP contribution in [0.2, 0.25) is 5.02 Å². The van der Waals surface area contributed by atoms with Crippen LogP contribution in [0.5, 0.6) is 5.75 Å². The second-order valence-electron chi connectivity index (χ2n) is 4.61. The molecule has 1 unspecified atom stereocenters. The molecule has 1 aromatic heterocycles. The fourth-order valence-corrected chi connectivity index (χ4v) is 3.34. The van der Waals surface area contributed by atoms with Crippen LogP contribution in [0.15, 0.2) is 23.0 Å². The van der Waals surface area contributed by atoms with Gasteiger partial charge in [-0.3, -0.25) is 0 Å². The van der Waals surface area contributed by atoms with Crippen molar-refractivity contribution in [1.29, 1.82) is 0 Å². The maximum absolute atomic E-state index is 6.19. The number of nitrogens with one attached hydrogen (secondary N) is 1. The highest BCUT2D eigenvalue weighted by atomic mass is 35.5. The van der Waals surface area contributed by atoms with Crippen LogP contribution in [0, 0.1) is 0 Å². The Bertz CT molecular complexity index is 571. The number of hydrogen-bond donors (Lipinski definition) is 1. The number of fused-ring (bicyclic) bond motifs is 1. The monoisotopic (exact) mass is 294 g/mol. The summed E-state index contributed by atoms with van der Waals surface area (Å²) in [6.07, 6.45) is 1.78. The van der Waals surface area contributed by atoms with Gasteiger partial charge in [-0.15, -0.1) is 11.3 Å². The predicted molar refractivity (Wildman–Crippen MR) is 78.3 cm³/mol. The third kappa shape index (κ3) is 2.61. The SMILES string of the molecule is CNC(Cc1cc(Cl)cc2c1OCC2)c1cscn1. The molecule has 0 fully saturated rings. The number of ether oxygens (including phenoxy) is 1. The van der Waals surface area contributed by atoms with E-state index >= 15 is 0 Å². The van der Waals surface area contributed by atoms with Gasteiger partial charge in [0.2, 0.25) is 0 Å². The maximum atomic E-state index is 6.19. The zero-order valence-electron chi connectivity index (χ0n) is 10.6. The molecule has 0 saturated carbocycles. The van der Waals surface area contributed by atoms with Crippen molar-refractivity contribution in [1.82, 2.24) is 10.3 Å². The molecule has 0 amide bonds. The Morgan fingerprint density at radius 2 is 2.42 bits per heavy atom. The van der Waals surface area contributed by atoms with Crippen molar-refractivity contribution >= 4 is 22.9 Å². The summed E-state index contributed by atoms with van der Waals surface area (Å²) in [5.41, 5.74) is 5.31. The lowest BCUT2D eigenvalue weighted by molar-refractivity contribution is 0.352. The molecule has 1 atom stereocenters. The van der Waals surface area contributed by atoms with Gasteiger partial charge in [0.25, 0.3) is 0 Å². The van der Waals surface area contributed by atoms with Gasteiger partial charge in [0, 0.05) is 16.8 Å². The average molecular weight is 295 g/mol. The number of likely N-dealkylation sites (N-methyl/N-ethyl adjacent to an activating group) is 1. The van der Waals surface area contributed by atoms with Crippen molar-refractivity contribution in [2.45, 2.75) is 18.9 Å². The summed E-state index contributed by atoms with van der Waals surface area (Å²) in [5, 5.41) is 6.17. The van der Waals surface area contributed by atoms with E-state index in [1.54, 1.807) is 11.3 Å². The highest BCUT2D eigenvalue weighted by Gasteiger charge is 2.21. The molecule has 0 saturated heterocycles. The summed E-state index contributed by atoms with van der Waals surface area (Å²) in [6, 6.07) is 4.20. The van der Waals surface area contributed by atoms with E-state index in [0.717, 1.165) is 41.5 Å². The van der Waals surface area contributed by atoms with Gasteiger partial charge < -0.3 is 10.1 Å². The first-order valence-corrected chi connectivity index (χ1v) is 7.59. The summed E-state index contributed by atoms with van der Waals surface area (Å²) >= 11 is 7.80. The highest BCUT2D eigenvalue weighted by molar-refractivity contribution is 7.07. The Morgan fingerprint density at radius 1 is 1.53 bits per heavy atom. The molecule has 0 bridgehead atoms. The van der Waals surface area contributed by atoms with Crippen LogP contribution in [0.25, 0.3) is 0 Å². The Balaban J connectivity index is 1.90. The van der Waals surface area contributed by atoms with E-state index < -0.39 is 0 Å². The van der Waals surface area contributed by atoms with E-state index in [1.807, 2.05) is 24.7 Å². The van der Waals surface area contributed by atoms with Crippen molar-refractivity contribution < 1.29 is 4.74 Å². The molecule has 0 aliphatic carbocycles. The molecule has 1 aliphatic heterocycles. The second kappa shape index (κ2) is 5.49. The van der Waals surface area contributed by atoms with Gasteiger partial charge in [0.1, 0.15) is 5.75 Å². The van der Waals surface area contributed by atoms with Crippen molar-refractivity contribution in [3.63, 3.8) is 0 Å². The number of rotatable bonds is 4. The molecule has 100 valence electrons. The number of hydrogen-bond acceptors (Lipinski definition) is 4. The van der Waals surface area contributed by atoms with Crippen LogP contribution in [0.3, 0.4) is 0 Å². The Hall–Kier alpha value is -1.10. The minimum atomic E-state index is 0.193. The third-order valence-electron chi connectivity index (χ3n) is 3.41. The fraction of sp³-hybridized carbons (Fsp3) is 0.357. The van der Waals surface area contributed by atoms with Crippen molar-refractivity contribution in [2.24, 2.45) is 0 Å². The molecule has 3 rings (SSSR count). The van der Waals surface area contributed by atoms with Crippen LogP contribution >= 0.6 is 22.9 Å². The molecule has 0 spiro atoms. The van der Waals surface area contributed by atoms with Crippen LogP contribution < -0.4 is 10.1 Å². The maximum Gasteiger partial charge on any atom is 0.125 e. The number of thiazole rings is 1. The Kier molecular flexibility index (Phi) is 3.73. The molecular weight excluding hydrogens is 280 g/mol. The standard InChI is InChI=1S/C14H15ClN2OS/c1-16-12(13-7-19-8-17-13)6-10-5-11(15)4-9-2-3-18-14(9)10/h4-5,7-8,12,16H,2-3,6H2,1H3.